The lowest BCUT2D eigenvalue weighted by Crippen LogP contribution is -2.28. The number of rotatable bonds is 3. The summed E-state index contributed by atoms with van der Waals surface area (Å²) >= 11 is 2.40. The minimum atomic E-state index is -0.379. The van der Waals surface area contributed by atoms with Gasteiger partial charge in [0.15, 0.2) is 0 Å². The fraction of sp³-hybridized carbons (Fsp3) is 0.0811. The zero-order chi connectivity index (χ0) is 25.9. The Morgan fingerprint density at radius 1 is 0.474 bits per heavy atom. The summed E-state index contributed by atoms with van der Waals surface area (Å²) in [5.41, 5.74) is 12.6. The van der Waals surface area contributed by atoms with Gasteiger partial charge in [0.05, 0.1) is 5.41 Å². The molecule has 6 aromatic rings. The quantitative estimate of drug-likeness (QED) is 0.178. The SMILES string of the molecule is Cc1ccc(C2(c3ccc(C)cc3)c3ccccc3-c3ccc(-c4ccc5ccc(I)cc5c4)cc32)cc1. The highest BCUT2D eigenvalue weighted by molar-refractivity contribution is 14.1. The largest absolute Gasteiger partial charge is 0.0713 e. The third-order valence-electron chi connectivity index (χ3n) is 8.15. The molecule has 0 nitrogen and oxygen atoms in total. The van der Waals surface area contributed by atoms with E-state index >= 15 is 0 Å². The van der Waals surface area contributed by atoms with E-state index < -0.39 is 0 Å². The molecule has 0 amide bonds. The summed E-state index contributed by atoms with van der Waals surface area (Å²) in [6.07, 6.45) is 0. The molecule has 0 spiro atoms. The molecule has 6 aromatic carbocycles. The van der Waals surface area contributed by atoms with Gasteiger partial charge in [0.1, 0.15) is 0 Å². The molecule has 0 bridgehead atoms. The smallest absolute Gasteiger partial charge is 0.0619 e. The van der Waals surface area contributed by atoms with E-state index in [4.69, 9.17) is 0 Å². The molecule has 0 heterocycles. The average Bonchev–Trinajstić information content (AvgIpc) is 3.24. The first-order valence-electron chi connectivity index (χ1n) is 13.1. The van der Waals surface area contributed by atoms with E-state index in [1.165, 1.54) is 70.0 Å². The molecule has 0 atom stereocenters. The maximum atomic E-state index is 2.45. The van der Waals surface area contributed by atoms with Crippen molar-refractivity contribution < 1.29 is 0 Å². The van der Waals surface area contributed by atoms with Crippen LogP contribution in [-0.2, 0) is 5.41 Å². The number of aryl methyl sites for hydroxylation is 2. The first kappa shape index (κ1) is 23.4. The van der Waals surface area contributed by atoms with Crippen LogP contribution >= 0.6 is 22.6 Å². The van der Waals surface area contributed by atoms with E-state index in [2.05, 4.69) is 164 Å². The van der Waals surface area contributed by atoms with E-state index in [1.54, 1.807) is 0 Å². The topological polar surface area (TPSA) is 0 Å². The van der Waals surface area contributed by atoms with Crippen molar-refractivity contribution in [3.63, 3.8) is 0 Å². The minimum absolute atomic E-state index is 0.379. The van der Waals surface area contributed by atoms with Crippen molar-refractivity contribution in [3.05, 3.63) is 164 Å². The van der Waals surface area contributed by atoms with Gasteiger partial charge < -0.3 is 0 Å². The Morgan fingerprint density at radius 2 is 1.05 bits per heavy atom. The van der Waals surface area contributed by atoms with Crippen LogP contribution in [0.3, 0.4) is 0 Å². The lowest BCUT2D eigenvalue weighted by atomic mass is 9.67. The van der Waals surface area contributed by atoms with Crippen molar-refractivity contribution in [1.82, 2.24) is 0 Å². The maximum absolute atomic E-state index is 2.45. The lowest BCUT2D eigenvalue weighted by molar-refractivity contribution is 0.768. The third-order valence-corrected chi connectivity index (χ3v) is 8.82. The van der Waals surface area contributed by atoms with E-state index in [0.717, 1.165) is 0 Å². The Balaban J connectivity index is 1.54. The zero-order valence-electron chi connectivity index (χ0n) is 21.5. The Bertz CT molecular complexity index is 1780. The Morgan fingerprint density at radius 3 is 1.76 bits per heavy atom. The summed E-state index contributed by atoms with van der Waals surface area (Å²) in [6.45, 7) is 4.33. The van der Waals surface area contributed by atoms with Gasteiger partial charge >= 0.3 is 0 Å². The molecule has 0 aromatic heterocycles. The Hall–Kier alpha value is -3.69. The number of hydrogen-bond acceptors (Lipinski definition) is 0. The van der Waals surface area contributed by atoms with Crippen LogP contribution in [-0.4, -0.2) is 0 Å². The highest BCUT2D eigenvalue weighted by atomic mass is 127. The van der Waals surface area contributed by atoms with E-state index in [0.29, 0.717) is 0 Å². The predicted molar refractivity (Wildman–Crippen MR) is 169 cm³/mol. The van der Waals surface area contributed by atoms with E-state index in [9.17, 15) is 0 Å². The van der Waals surface area contributed by atoms with Crippen molar-refractivity contribution in [2.75, 3.05) is 0 Å². The highest BCUT2D eigenvalue weighted by Crippen LogP contribution is 2.56. The molecular weight excluding hydrogens is 571 g/mol. The number of fused-ring (bicyclic) bond motifs is 4. The van der Waals surface area contributed by atoms with Gasteiger partial charge in [-0.05, 0) is 116 Å². The fourth-order valence-electron chi connectivity index (χ4n) is 6.25. The monoisotopic (exact) mass is 598 g/mol. The van der Waals surface area contributed by atoms with Crippen LogP contribution in [0.1, 0.15) is 33.4 Å². The van der Waals surface area contributed by atoms with E-state index in [-0.39, 0.29) is 5.41 Å². The van der Waals surface area contributed by atoms with Crippen LogP contribution in [0.2, 0.25) is 0 Å². The number of halogens is 1. The summed E-state index contributed by atoms with van der Waals surface area (Å²) in [4.78, 5) is 0. The molecule has 0 saturated carbocycles. The highest BCUT2D eigenvalue weighted by Gasteiger charge is 2.46. The molecular formula is C37H27I. The molecule has 0 aliphatic heterocycles. The van der Waals surface area contributed by atoms with Crippen LogP contribution in [0.4, 0.5) is 0 Å². The Kier molecular flexibility index (Phi) is 5.52. The first-order valence-corrected chi connectivity index (χ1v) is 14.2. The number of hydrogen-bond donors (Lipinski definition) is 0. The summed E-state index contributed by atoms with van der Waals surface area (Å²) in [6, 6.07) is 47.9. The zero-order valence-corrected chi connectivity index (χ0v) is 23.7. The van der Waals surface area contributed by atoms with Gasteiger partial charge in [-0.3, -0.25) is 0 Å². The lowest BCUT2D eigenvalue weighted by Gasteiger charge is -2.34. The van der Waals surface area contributed by atoms with Crippen molar-refractivity contribution >= 4 is 33.4 Å². The molecule has 0 saturated heterocycles. The Labute approximate surface area is 238 Å². The van der Waals surface area contributed by atoms with Crippen molar-refractivity contribution in [3.8, 4) is 22.3 Å². The summed E-state index contributed by atoms with van der Waals surface area (Å²) < 4.78 is 1.26. The molecule has 38 heavy (non-hydrogen) atoms. The third kappa shape index (κ3) is 3.56. The molecule has 1 heteroatoms. The maximum Gasteiger partial charge on any atom is 0.0713 e. The number of benzene rings is 6. The van der Waals surface area contributed by atoms with E-state index in [1.807, 2.05) is 0 Å². The van der Waals surface area contributed by atoms with Gasteiger partial charge in [-0.15, -0.1) is 0 Å². The van der Waals surface area contributed by atoms with Crippen molar-refractivity contribution in [2.24, 2.45) is 0 Å². The molecule has 0 radical (unpaired) electrons. The average molecular weight is 599 g/mol. The van der Waals surface area contributed by atoms with Gasteiger partial charge in [0, 0.05) is 3.57 Å². The standard InChI is InChI=1S/C37H27I/c1-24-7-15-30(16-8-24)37(31-17-9-25(2)10-18-31)35-6-4-3-5-33(35)34-20-14-28(23-36(34)37)27-12-11-26-13-19-32(38)22-29(26)21-27/h3-23H,1-2H3. The summed E-state index contributed by atoms with van der Waals surface area (Å²) in [5, 5.41) is 2.55. The van der Waals surface area contributed by atoms with Crippen LogP contribution in [0.25, 0.3) is 33.0 Å². The molecule has 1 aliphatic rings. The van der Waals surface area contributed by atoms with Crippen LogP contribution < -0.4 is 0 Å². The molecule has 0 fully saturated rings. The van der Waals surface area contributed by atoms with Crippen LogP contribution in [0, 0.1) is 17.4 Å². The normalized spacial score (nSPS) is 13.3. The summed E-state index contributed by atoms with van der Waals surface area (Å²) in [5.74, 6) is 0. The van der Waals surface area contributed by atoms with Gasteiger partial charge in [-0.25, -0.2) is 0 Å². The van der Waals surface area contributed by atoms with Crippen molar-refractivity contribution in [2.45, 2.75) is 19.3 Å². The van der Waals surface area contributed by atoms with Crippen LogP contribution in [0.15, 0.2) is 127 Å². The summed E-state index contributed by atoms with van der Waals surface area (Å²) in [7, 11) is 0. The first-order chi connectivity index (χ1) is 18.5. The second kappa shape index (κ2) is 8.96. The van der Waals surface area contributed by atoms with Gasteiger partial charge in [0.25, 0.3) is 0 Å². The molecule has 1 aliphatic carbocycles. The van der Waals surface area contributed by atoms with Crippen LogP contribution in [0.5, 0.6) is 0 Å². The molecule has 182 valence electrons. The molecule has 7 rings (SSSR count). The van der Waals surface area contributed by atoms with Gasteiger partial charge in [-0.2, -0.15) is 0 Å². The van der Waals surface area contributed by atoms with Gasteiger partial charge in [0.2, 0.25) is 0 Å². The predicted octanol–water partition coefficient (Wildman–Crippen LogP) is 10.1. The second-order valence-corrected chi connectivity index (χ2v) is 11.7. The second-order valence-electron chi connectivity index (χ2n) is 10.5. The minimum Gasteiger partial charge on any atom is -0.0619 e. The molecule has 0 unspecified atom stereocenters. The van der Waals surface area contributed by atoms with Gasteiger partial charge in [-0.1, -0.05) is 114 Å². The molecule has 0 N–H and O–H groups in total. The van der Waals surface area contributed by atoms with Crippen molar-refractivity contribution in [1.29, 1.82) is 0 Å². The fourth-order valence-corrected chi connectivity index (χ4v) is 6.77.